The predicted octanol–water partition coefficient (Wildman–Crippen LogP) is 2.73. The molecule has 0 saturated carbocycles. The fraction of sp³-hybridized carbons (Fsp3) is 0.200. The first kappa shape index (κ1) is 12.6. The first-order valence-corrected chi connectivity index (χ1v) is 7.76. The minimum absolute atomic E-state index is 0.446. The van der Waals surface area contributed by atoms with E-state index >= 15 is 0 Å². The van der Waals surface area contributed by atoms with Crippen LogP contribution in [0.1, 0.15) is 17.0 Å². The Kier molecular flexibility index (Phi) is 2.98. The lowest BCUT2D eigenvalue weighted by Crippen LogP contribution is -2.24. The molecule has 0 bridgehead atoms. The second kappa shape index (κ2) is 4.98. The molecule has 0 amide bonds. The second-order valence-electron chi connectivity index (χ2n) is 5.16. The van der Waals surface area contributed by atoms with Crippen LogP contribution in [0.3, 0.4) is 0 Å². The van der Waals surface area contributed by atoms with Crippen molar-refractivity contribution >= 4 is 33.3 Å². The molecule has 6 heteroatoms. The SMILES string of the molecule is NNc1nc(NCC2Cc3ccccc32)c2ccsc2n1. The van der Waals surface area contributed by atoms with Crippen LogP contribution in [0.2, 0.25) is 0 Å². The van der Waals surface area contributed by atoms with Gasteiger partial charge in [0.05, 0.1) is 5.39 Å². The Morgan fingerprint density at radius 2 is 2.14 bits per heavy atom. The van der Waals surface area contributed by atoms with E-state index in [1.165, 1.54) is 11.1 Å². The molecule has 1 aliphatic carbocycles. The minimum atomic E-state index is 0.446. The molecular formula is C15H15N5S. The van der Waals surface area contributed by atoms with E-state index in [1.807, 2.05) is 11.4 Å². The van der Waals surface area contributed by atoms with Crippen LogP contribution in [0.25, 0.3) is 10.2 Å². The highest BCUT2D eigenvalue weighted by Gasteiger charge is 2.25. The number of nitrogens with zero attached hydrogens (tertiary/aromatic N) is 2. The van der Waals surface area contributed by atoms with E-state index in [9.17, 15) is 0 Å². The summed E-state index contributed by atoms with van der Waals surface area (Å²) in [6.45, 7) is 0.878. The first-order valence-electron chi connectivity index (χ1n) is 6.88. The number of nitrogens with two attached hydrogens (primary N) is 1. The highest BCUT2D eigenvalue weighted by molar-refractivity contribution is 7.16. The standard InChI is InChI=1S/C15H15N5S/c16-20-15-18-13(12-5-6-21-14(12)19-15)17-8-10-7-9-3-1-2-4-11(9)10/h1-6,10H,7-8,16H2,(H2,17,18,19,20). The Morgan fingerprint density at radius 3 is 3.00 bits per heavy atom. The Bertz CT molecular complexity index is 798. The number of anilines is 2. The summed E-state index contributed by atoms with van der Waals surface area (Å²) in [7, 11) is 0. The Labute approximate surface area is 126 Å². The number of rotatable bonds is 4. The average Bonchev–Trinajstić information content (AvgIpc) is 2.96. The average molecular weight is 297 g/mol. The van der Waals surface area contributed by atoms with E-state index in [-0.39, 0.29) is 0 Å². The smallest absolute Gasteiger partial charge is 0.240 e. The molecule has 1 unspecified atom stereocenters. The Balaban J connectivity index is 1.57. The molecular weight excluding hydrogens is 282 g/mol. The lowest BCUT2D eigenvalue weighted by molar-refractivity contribution is 0.635. The van der Waals surface area contributed by atoms with Crippen LogP contribution in [-0.4, -0.2) is 16.5 Å². The summed E-state index contributed by atoms with van der Waals surface area (Å²) in [6.07, 6.45) is 1.13. The molecule has 5 nitrogen and oxygen atoms in total. The molecule has 0 aliphatic heterocycles. The van der Waals surface area contributed by atoms with E-state index in [2.05, 4.69) is 45.0 Å². The number of hydrogen-bond donors (Lipinski definition) is 3. The predicted molar refractivity (Wildman–Crippen MR) is 86.6 cm³/mol. The van der Waals surface area contributed by atoms with Gasteiger partial charge in [-0.05, 0) is 29.0 Å². The quantitative estimate of drug-likeness (QED) is 0.510. The molecule has 3 aromatic rings. The molecule has 1 atom stereocenters. The molecule has 21 heavy (non-hydrogen) atoms. The third-order valence-corrected chi connectivity index (χ3v) is 4.74. The maximum atomic E-state index is 5.44. The lowest BCUT2D eigenvalue weighted by Gasteiger charge is -2.30. The van der Waals surface area contributed by atoms with Crippen LogP contribution in [0.4, 0.5) is 11.8 Å². The highest BCUT2D eigenvalue weighted by atomic mass is 32.1. The zero-order valence-corrected chi connectivity index (χ0v) is 12.2. The van der Waals surface area contributed by atoms with Gasteiger partial charge in [-0.3, -0.25) is 5.43 Å². The molecule has 2 heterocycles. The number of hydrogen-bond acceptors (Lipinski definition) is 6. The highest BCUT2D eigenvalue weighted by Crippen LogP contribution is 2.35. The third kappa shape index (κ3) is 2.12. The summed E-state index contributed by atoms with van der Waals surface area (Å²) in [4.78, 5) is 9.71. The summed E-state index contributed by atoms with van der Waals surface area (Å²) in [6, 6.07) is 10.6. The zero-order valence-electron chi connectivity index (χ0n) is 11.3. The molecule has 4 rings (SSSR count). The van der Waals surface area contributed by atoms with Gasteiger partial charge < -0.3 is 5.32 Å². The van der Waals surface area contributed by atoms with Gasteiger partial charge in [-0.15, -0.1) is 11.3 Å². The van der Waals surface area contributed by atoms with E-state index in [1.54, 1.807) is 11.3 Å². The Morgan fingerprint density at radius 1 is 1.24 bits per heavy atom. The monoisotopic (exact) mass is 297 g/mol. The summed E-state index contributed by atoms with van der Waals surface area (Å²) in [5.74, 6) is 7.28. The molecule has 4 N–H and O–H groups in total. The molecule has 0 fully saturated rings. The van der Waals surface area contributed by atoms with Crippen molar-refractivity contribution in [1.29, 1.82) is 0 Å². The van der Waals surface area contributed by atoms with Crippen molar-refractivity contribution in [2.75, 3.05) is 17.3 Å². The third-order valence-electron chi connectivity index (χ3n) is 3.93. The summed E-state index contributed by atoms with van der Waals surface area (Å²) >= 11 is 1.59. The number of benzene rings is 1. The normalized spacial score (nSPS) is 16.3. The number of nitrogens with one attached hydrogen (secondary N) is 2. The van der Waals surface area contributed by atoms with Crippen LogP contribution in [0.15, 0.2) is 35.7 Å². The molecule has 1 aromatic carbocycles. The van der Waals surface area contributed by atoms with Gasteiger partial charge in [0.1, 0.15) is 10.6 Å². The first-order chi connectivity index (χ1) is 10.3. The van der Waals surface area contributed by atoms with E-state index in [4.69, 9.17) is 5.84 Å². The van der Waals surface area contributed by atoms with Crippen molar-refractivity contribution in [2.24, 2.45) is 5.84 Å². The van der Waals surface area contributed by atoms with Gasteiger partial charge in [0.15, 0.2) is 0 Å². The topological polar surface area (TPSA) is 75.9 Å². The van der Waals surface area contributed by atoms with Crippen molar-refractivity contribution in [3.05, 3.63) is 46.8 Å². The molecule has 0 saturated heterocycles. The molecule has 0 radical (unpaired) electrons. The van der Waals surface area contributed by atoms with Gasteiger partial charge in [-0.1, -0.05) is 24.3 Å². The number of fused-ring (bicyclic) bond motifs is 2. The molecule has 0 spiro atoms. The van der Waals surface area contributed by atoms with E-state index in [0.29, 0.717) is 11.9 Å². The van der Waals surface area contributed by atoms with Gasteiger partial charge in [0.25, 0.3) is 0 Å². The van der Waals surface area contributed by atoms with Crippen molar-refractivity contribution in [3.63, 3.8) is 0 Å². The van der Waals surface area contributed by atoms with E-state index < -0.39 is 0 Å². The number of aromatic nitrogens is 2. The van der Waals surface area contributed by atoms with Crippen LogP contribution in [0.5, 0.6) is 0 Å². The molecule has 1 aliphatic rings. The van der Waals surface area contributed by atoms with Crippen molar-refractivity contribution in [2.45, 2.75) is 12.3 Å². The van der Waals surface area contributed by atoms with Gasteiger partial charge >= 0.3 is 0 Å². The van der Waals surface area contributed by atoms with Crippen LogP contribution in [-0.2, 0) is 6.42 Å². The van der Waals surface area contributed by atoms with Crippen LogP contribution < -0.4 is 16.6 Å². The maximum Gasteiger partial charge on any atom is 0.240 e. The van der Waals surface area contributed by atoms with Crippen LogP contribution in [0, 0.1) is 0 Å². The minimum Gasteiger partial charge on any atom is -0.369 e. The van der Waals surface area contributed by atoms with E-state index in [0.717, 1.165) is 29.0 Å². The van der Waals surface area contributed by atoms with Gasteiger partial charge in [-0.25, -0.2) is 10.8 Å². The zero-order chi connectivity index (χ0) is 14.2. The number of thiophene rings is 1. The van der Waals surface area contributed by atoms with Gasteiger partial charge in [-0.2, -0.15) is 4.98 Å². The summed E-state index contributed by atoms with van der Waals surface area (Å²) in [5, 5.41) is 6.52. The fourth-order valence-electron chi connectivity index (χ4n) is 2.82. The van der Waals surface area contributed by atoms with Crippen LogP contribution >= 0.6 is 11.3 Å². The fourth-order valence-corrected chi connectivity index (χ4v) is 3.58. The molecule has 106 valence electrons. The Hall–Kier alpha value is -2.18. The summed E-state index contributed by atoms with van der Waals surface area (Å²) < 4.78 is 0. The summed E-state index contributed by atoms with van der Waals surface area (Å²) in [5.41, 5.74) is 5.42. The van der Waals surface area contributed by atoms with Gasteiger partial charge in [0.2, 0.25) is 5.95 Å². The maximum absolute atomic E-state index is 5.44. The lowest BCUT2D eigenvalue weighted by atomic mass is 9.77. The van der Waals surface area contributed by atoms with Gasteiger partial charge in [0, 0.05) is 12.5 Å². The number of nitrogen functional groups attached to an aromatic ring is 1. The second-order valence-corrected chi connectivity index (χ2v) is 6.05. The van der Waals surface area contributed by atoms with Crippen molar-refractivity contribution in [3.8, 4) is 0 Å². The van der Waals surface area contributed by atoms with Crippen molar-refractivity contribution < 1.29 is 0 Å². The molecule has 2 aromatic heterocycles. The largest absolute Gasteiger partial charge is 0.369 e. The van der Waals surface area contributed by atoms with Crippen molar-refractivity contribution in [1.82, 2.24) is 9.97 Å². The number of hydrazine groups is 1.